The Morgan fingerprint density at radius 3 is 2.79 bits per heavy atom. The summed E-state index contributed by atoms with van der Waals surface area (Å²) >= 11 is 0. The van der Waals surface area contributed by atoms with Gasteiger partial charge in [-0.05, 0) is 60.7 Å². The van der Waals surface area contributed by atoms with Gasteiger partial charge in [-0.25, -0.2) is 4.39 Å². The molecule has 7 atom stereocenters. The lowest BCUT2D eigenvalue weighted by atomic mass is 9.46. The number of epoxide rings is 1. The van der Waals surface area contributed by atoms with E-state index in [1.165, 1.54) is 0 Å². The fourth-order valence-corrected chi connectivity index (χ4v) is 6.72. The molecule has 1 heterocycles. The van der Waals surface area contributed by atoms with Crippen LogP contribution in [0.3, 0.4) is 0 Å². The Kier molecular flexibility index (Phi) is 2.79. The molecule has 1 aliphatic heterocycles. The van der Waals surface area contributed by atoms with Crippen LogP contribution in [-0.4, -0.2) is 23.8 Å². The molecule has 0 spiro atoms. The lowest BCUT2D eigenvalue weighted by Crippen LogP contribution is -2.53. The summed E-state index contributed by atoms with van der Waals surface area (Å²) in [5.41, 5.74) is 1.01. The van der Waals surface area contributed by atoms with Crippen molar-refractivity contribution in [1.82, 2.24) is 0 Å². The largest absolute Gasteiger partial charge is 0.360 e. The summed E-state index contributed by atoms with van der Waals surface area (Å²) in [4.78, 5) is 24.6. The third-order valence-corrected chi connectivity index (χ3v) is 8.08. The normalized spacial score (nSPS) is 53.9. The van der Waals surface area contributed by atoms with Gasteiger partial charge in [0.2, 0.25) is 0 Å². The maximum atomic E-state index is 13.7. The van der Waals surface area contributed by atoms with Crippen LogP contribution in [-0.2, 0) is 14.3 Å². The predicted molar refractivity (Wildman–Crippen MR) is 85.7 cm³/mol. The topological polar surface area (TPSA) is 46.7 Å². The van der Waals surface area contributed by atoms with Crippen molar-refractivity contribution < 1.29 is 18.7 Å². The summed E-state index contributed by atoms with van der Waals surface area (Å²) in [6.07, 6.45) is 6.05. The number of hydrogen-bond acceptors (Lipinski definition) is 3. The van der Waals surface area contributed by atoms with E-state index in [1.807, 2.05) is 0 Å². The van der Waals surface area contributed by atoms with Gasteiger partial charge < -0.3 is 4.74 Å². The van der Waals surface area contributed by atoms with Crippen molar-refractivity contribution in [2.24, 2.45) is 28.6 Å². The summed E-state index contributed by atoms with van der Waals surface area (Å²) in [7, 11) is 0. The summed E-state index contributed by atoms with van der Waals surface area (Å²) in [6, 6.07) is 0. The molecule has 0 amide bonds. The maximum absolute atomic E-state index is 13.7. The molecular weight excluding hydrogens is 307 g/mol. The Morgan fingerprint density at radius 1 is 1.25 bits per heavy atom. The van der Waals surface area contributed by atoms with Crippen molar-refractivity contribution in [3.05, 3.63) is 23.6 Å². The highest BCUT2D eigenvalue weighted by Crippen LogP contribution is 2.67. The van der Waals surface area contributed by atoms with E-state index in [0.29, 0.717) is 48.3 Å². The zero-order chi connectivity index (χ0) is 16.9. The lowest BCUT2D eigenvalue weighted by Gasteiger charge is -2.56. The Bertz CT molecular complexity index is 722. The smallest absolute Gasteiger partial charge is 0.187 e. The Balaban J connectivity index is 1.62. The number of halogens is 1. The molecule has 0 radical (unpaired) electrons. The number of carbonyl (C=O) groups excluding carboxylic acids is 2. The van der Waals surface area contributed by atoms with Crippen LogP contribution in [0, 0.1) is 28.6 Å². The summed E-state index contributed by atoms with van der Waals surface area (Å²) in [5.74, 6) is 1.41. The first-order valence-electron chi connectivity index (χ1n) is 9.15. The molecule has 3 nitrogen and oxygen atoms in total. The summed E-state index contributed by atoms with van der Waals surface area (Å²) in [6.45, 7) is 4.28. The van der Waals surface area contributed by atoms with Crippen molar-refractivity contribution in [3.8, 4) is 0 Å². The van der Waals surface area contributed by atoms with E-state index in [0.717, 1.165) is 24.8 Å². The second-order valence-electron chi connectivity index (χ2n) is 8.85. The van der Waals surface area contributed by atoms with Gasteiger partial charge in [0.25, 0.3) is 0 Å². The molecule has 4 fully saturated rings. The van der Waals surface area contributed by atoms with E-state index in [-0.39, 0.29) is 28.8 Å². The van der Waals surface area contributed by atoms with Crippen LogP contribution < -0.4 is 0 Å². The van der Waals surface area contributed by atoms with E-state index >= 15 is 0 Å². The minimum absolute atomic E-state index is 0.0121. The zero-order valence-corrected chi connectivity index (χ0v) is 14.2. The second-order valence-corrected chi connectivity index (χ2v) is 8.85. The van der Waals surface area contributed by atoms with E-state index in [2.05, 4.69) is 13.8 Å². The van der Waals surface area contributed by atoms with Gasteiger partial charge in [-0.2, -0.15) is 0 Å². The molecule has 2 unspecified atom stereocenters. The number of fused-ring (bicyclic) bond motifs is 7. The van der Waals surface area contributed by atoms with Crippen molar-refractivity contribution in [3.63, 3.8) is 0 Å². The van der Waals surface area contributed by atoms with Crippen LogP contribution in [0.5, 0.6) is 0 Å². The maximum Gasteiger partial charge on any atom is 0.187 e. The van der Waals surface area contributed by atoms with Gasteiger partial charge in [-0.1, -0.05) is 13.8 Å². The van der Waals surface area contributed by atoms with E-state index < -0.39 is 0 Å². The average molecular weight is 330 g/mol. The number of Topliss-reactive ketones (excluding diaryl/α,β-unsaturated/α-hetero) is 1. The molecule has 4 aliphatic carbocycles. The summed E-state index contributed by atoms with van der Waals surface area (Å²) in [5, 5.41) is 0. The Labute approximate surface area is 141 Å². The molecule has 24 heavy (non-hydrogen) atoms. The molecule has 5 rings (SSSR count). The third kappa shape index (κ3) is 1.56. The number of rotatable bonds is 0. The minimum Gasteiger partial charge on any atom is -0.360 e. The van der Waals surface area contributed by atoms with E-state index in [9.17, 15) is 14.0 Å². The summed E-state index contributed by atoms with van der Waals surface area (Å²) < 4.78 is 19.5. The SMILES string of the molecule is C[C@]12CC[C@H]3[C@@H](C/C(=C\F)C4=CC(=O)C5OC5[C@@]43C)[C@@H]1CCC2=O. The van der Waals surface area contributed by atoms with Gasteiger partial charge in [-0.3, -0.25) is 9.59 Å². The monoisotopic (exact) mass is 330 g/mol. The first-order valence-corrected chi connectivity index (χ1v) is 9.15. The Morgan fingerprint density at radius 2 is 2.04 bits per heavy atom. The minimum atomic E-state index is -0.322. The van der Waals surface area contributed by atoms with Crippen LogP contribution >= 0.6 is 0 Å². The van der Waals surface area contributed by atoms with Crippen LogP contribution in [0.25, 0.3) is 0 Å². The molecule has 0 aromatic carbocycles. The molecular formula is C20H23FO3. The zero-order valence-electron chi connectivity index (χ0n) is 14.2. The molecule has 0 aromatic rings. The Hall–Kier alpha value is -1.29. The molecule has 4 heteroatoms. The van der Waals surface area contributed by atoms with Crippen molar-refractivity contribution in [1.29, 1.82) is 0 Å². The molecule has 0 aromatic heterocycles. The number of ether oxygens (including phenoxy) is 1. The lowest BCUT2D eigenvalue weighted by molar-refractivity contribution is -0.131. The molecule has 3 saturated carbocycles. The van der Waals surface area contributed by atoms with Gasteiger partial charge in [0.15, 0.2) is 5.78 Å². The van der Waals surface area contributed by atoms with Gasteiger partial charge in [0, 0.05) is 17.3 Å². The predicted octanol–water partition coefficient (Wildman–Crippen LogP) is 3.54. The van der Waals surface area contributed by atoms with Crippen LogP contribution in [0.1, 0.15) is 46.0 Å². The molecule has 5 aliphatic rings. The van der Waals surface area contributed by atoms with Crippen LogP contribution in [0.15, 0.2) is 23.6 Å². The van der Waals surface area contributed by atoms with Crippen molar-refractivity contribution in [2.45, 2.75) is 58.2 Å². The first-order chi connectivity index (χ1) is 11.4. The third-order valence-electron chi connectivity index (χ3n) is 8.08. The highest BCUT2D eigenvalue weighted by atomic mass is 19.1. The average Bonchev–Trinajstić information content (AvgIpc) is 3.31. The van der Waals surface area contributed by atoms with Gasteiger partial charge in [-0.15, -0.1) is 0 Å². The molecule has 128 valence electrons. The quantitative estimate of drug-likeness (QED) is 0.638. The van der Waals surface area contributed by atoms with E-state index in [4.69, 9.17) is 4.74 Å². The fraction of sp³-hybridized carbons (Fsp3) is 0.700. The molecule has 0 N–H and O–H groups in total. The van der Waals surface area contributed by atoms with Crippen LogP contribution in [0.2, 0.25) is 0 Å². The molecule has 0 bridgehead atoms. The second kappa shape index (κ2) is 4.46. The van der Waals surface area contributed by atoms with Gasteiger partial charge in [0.05, 0.1) is 6.33 Å². The van der Waals surface area contributed by atoms with Gasteiger partial charge >= 0.3 is 0 Å². The van der Waals surface area contributed by atoms with Crippen LogP contribution in [0.4, 0.5) is 4.39 Å². The highest BCUT2D eigenvalue weighted by molar-refractivity contribution is 5.99. The fourth-order valence-electron chi connectivity index (χ4n) is 6.72. The standard InChI is InChI=1S/C20H23FO3/c1-19-6-5-13-11(12(19)3-4-16(19)23)7-10(9-21)14-8-15(22)17-18(24-17)20(13,14)2/h8-9,11-13,17-18H,3-7H2,1-2H3/b10-9+/t11-,12-,13-,17?,18?,19-,20+/m0/s1. The number of allylic oxidation sites excluding steroid dienone is 1. The van der Waals surface area contributed by atoms with Crippen molar-refractivity contribution >= 4 is 11.6 Å². The first kappa shape index (κ1) is 15.0. The number of carbonyl (C=O) groups is 2. The van der Waals surface area contributed by atoms with Gasteiger partial charge in [0.1, 0.15) is 18.0 Å². The highest BCUT2D eigenvalue weighted by Gasteiger charge is 2.68. The van der Waals surface area contributed by atoms with E-state index in [1.54, 1.807) is 6.08 Å². The number of hydrogen-bond donors (Lipinski definition) is 0. The molecule has 1 saturated heterocycles. The number of ketones is 2. The van der Waals surface area contributed by atoms with Crippen molar-refractivity contribution in [2.75, 3.05) is 0 Å².